The summed E-state index contributed by atoms with van der Waals surface area (Å²) in [6.45, 7) is 2.58. The maximum Gasteiger partial charge on any atom is 0.416 e. The van der Waals surface area contributed by atoms with Gasteiger partial charge in [0.15, 0.2) is 11.5 Å². The van der Waals surface area contributed by atoms with E-state index in [1.54, 1.807) is 34.1 Å². The van der Waals surface area contributed by atoms with E-state index in [0.717, 1.165) is 12.1 Å². The molecule has 0 aliphatic carbocycles. The molecule has 3 heterocycles. The molecule has 2 fully saturated rings. The molecule has 0 radical (unpaired) electrons. The lowest BCUT2D eigenvalue weighted by Gasteiger charge is -2.37. The summed E-state index contributed by atoms with van der Waals surface area (Å²) in [5.74, 6) is 1.04. The molecule has 34 heavy (non-hydrogen) atoms. The van der Waals surface area contributed by atoms with Crippen molar-refractivity contribution in [2.45, 2.75) is 6.18 Å². The summed E-state index contributed by atoms with van der Waals surface area (Å²) in [6.07, 6.45) is -4.40. The third-order valence-corrected chi connectivity index (χ3v) is 6.26. The van der Waals surface area contributed by atoms with E-state index >= 15 is 0 Å². The van der Waals surface area contributed by atoms with Gasteiger partial charge in [-0.05, 0) is 30.3 Å². The van der Waals surface area contributed by atoms with Crippen LogP contribution in [0.3, 0.4) is 0 Å². The number of rotatable bonds is 4. The number of alkyl halides is 3. The van der Waals surface area contributed by atoms with Crippen molar-refractivity contribution in [1.82, 2.24) is 9.80 Å². The summed E-state index contributed by atoms with van der Waals surface area (Å²) in [5.41, 5.74) is 0.470. The van der Waals surface area contributed by atoms with Crippen molar-refractivity contribution in [3.63, 3.8) is 0 Å². The van der Waals surface area contributed by atoms with Crippen LogP contribution in [0, 0.1) is 0 Å². The number of carbonyl (C=O) groups is 2. The lowest BCUT2D eigenvalue weighted by molar-refractivity contribution is -0.137. The Morgan fingerprint density at radius 3 is 2.41 bits per heavy atom. The maximum absolute atomic E-state index is 13.0. The second kappa shape index (κ2) is 8.62. The van der Waals surface area contributed by atoms with Gasteiger partial charge in [-0.2, -0.15) is 13.2 Å². The molecule has 11 heteroatoms. The number of hydrogen-bond acceptors (Lipinski definition) is 5. The molecule has 3 amide bonds. The van der Waals surface area contributed by atoms with Gasteiger partial charge in [0.2, 0.25) is 12.7 Å². The monoisotopic (exact) mass is 476 g/mol. The Balaban J connectivity index is 1.16. The standard InChI is InChI=1S/C23H23F3N4O4/c24-23(25,26)16-2-1-3-17(12-16)27-6-8-28(9-7-27)21(31)14-29-10-11-30(22(29)32)18-4-5-19-20(13-18)34-15-33-19/h1-5,12-13H,6-11,14-15H2. The molecule has 0 saturated carbocycles. The minimum Gasteiger partial charge on any atom is -0.454 e. The average molecular weight is 476 g/mol. The summed E-state index contributed by atoms with van der Waals surface area (Å²) >= 11 is 0. The summed E-state index contributed by atoms with van der Waals surface area (Å²) in [4.78, 5) is 32.3. The molecule has 2 aromatic carbocycles. The van der Waals surface area contributed by atoms with E-state index in [0.29, 0.717) is 62.1 Å². The van der Waals surface area contributed by atoms with Gasteiger partial charge in [-0.25, -0.2) is 4.79 Å². The van der Waals surface area contributed by atoms with Gasteiger partial charge in [0.25, 0.3) is 0 Å². The van der Waals surface area contributed by atoms with Crippen molar-refractivity contribution < 1.29 is 32.2 Å². The van der Waals surface area contributed by atoms with Crippen LogP contribution in [0.4, 0.5) is 29.3 Å². The molecule has 5 rings (SSSR count). The molecule has 0 aromatic heterocycles. The normalized spacial score (nSPS) is 18.1. The first-order valence-electron chi connectivity index (χ1n) is 11.0. The fourth-order valence-electron chi connectivity index (χ4n) is 4.38. The number of urea groups is 1. The van der Waals surface area contributed by atoms with Gasteiger partial charge in [0.05, 0.1) is 5.56 Å². The lowest BCUT2D eigenvalue weighted by Crippen LogP contribution is -2.51. The molecule has 2 aromatic rings. The molecule has 3 aliphatic rings. The fraction of sp³-hybridized carbons (Fsp3) is 0.391. The maximum atomic E-state index is 13.0. The van der Waals surface area contributed by atoms with Crippen molar-refractivity contribution >= 4 is 23.3 Å². The molecule has 0 spiro atoms. The largest absolute Gasteiger partial charge is 0.454 e. The van der Waals surface area contributed by atoms with E-state index in [2.05, 4.69) is 0 Å². The highest BCUT2D eigenvalue weighted by atomic mass is 19.4. The Hall–Kier alpha value is -3.63. The zero-order valence-electron chi connectivity index (χ0n) is 18.3. The van der Waals surface area contributed by atoms with Gasteiger partial charge in [0, 0.05) is 56.7 Å². The highest BCUT2D eigenvalue weighted by Crippen LogP contribution is 2.36. The van der Waals surface area contributed by atoms with Gasteiger partial charge in [-0.3, -0.25) is 9.69 Å². The molecule has 0 unspecified atom stereocenters. The number of halogens is 3. The second-order valence-electron chi connectivity index (χ2n) is 8.31. The predicted octanol–water partition coefficient (Wildman–Crippen LogP) is 3.02. The minimum absolute atomic E-state index is 0.0382. The zero-order chi connectivity index (χ0) is 23.9. The van der Waals surface area contributed by atoms with Crippen LogP contribution in [-0.4, -0.2) is 74.3 Å². The Labute approximate surface area is 194 Å². The van der Waals surface area contributed by atoms with Crippen LogP contribution in [0.25, 0.3) is 0 Å². The van der Waals surface area contributed by atoms with Crippen LogP contribution in [-0.2, 0) is 11.0 Å². The third-order valence-electron chi connectivity index (χ3n) is 6.26. The number of fused-ring (bicyclic) bond motifs is 1. The van der Waals surface area contributed by atoms with Gasteiger partial charge >= 0.3 is 12.2 Å². The van der Waals surface area contributed by atoms with E-state index in [9.17, 15) is 22.8 Å². The number of nitrogens with zero attached hydrogens (tertiary/aromatic N) is 4. The summed E-state index contributed by atoms with van der Waals surface area (Å²) < 4.78 is 49.7. The Bertz CT molecular complexity index is 1100. The van der Waals surface area contributed by atoms with Crippen LogP contribution in [0.1, 0.15) is 5.56 Å². The van der Waals surface area contributed by atoms with Crippen molar-refractivity contribution in [2.75, 3.05) is 62.4 Å². The first-order chi connectivity index (χ1) is 16.3. The number of ether oxygens (including phenoxy) is 2. The Morgan fingerprint density at radius 1 is 0.882 bits per heavy atom. The molecular weight excluding hydrogens is 453 g/mol. The average Bonchev–Trinajstić information content (AvgIpc) is 3.45. The number of benzene rings is 2. The van der Waals surface area contributed by atoms with Crippen LogP contribution in [0.5, 0.6) is 11.5 Å². The quantitative estimate of drug-likeness (QED) is 0.679. The second-order valence-corrected chi connectivity index (χ2v) is 8.31. The van der Waals surface area contributed by atoms with Crippen molar-refractivity contribution in [3.05, 3.63) is 48.0 Å². The van der Waals surface area contributed by atoms with Gasteiger partial charge in [0.1, 0.15) is 6.54 Å². The number of amides is 3. The predicted molar refractivity (Wildman–Crippen MR) is 117 cm³/mol. The van der Waals surface area contributed by atoms with E-state index in [-0.39, 0.29) is 25.3 Å². The molecule has 0 atom stereocenters. The Morgan fingerprint density at radius 2 is 1.65 bits per heavy atom. The van der Waals surface area contributed by atoms with Crippen molar-refractivity contribution in [2.24, 2.45) is 0 Å². The molecule has 3 aliphatic heterocycles. The minimum atomic E-state index is -4.40. The van der Waals surface area contributed by atoms with E-state index < -0.39 is 11.7 Å². The highest BCUT2D eigenvalue weighted by Gasteiger charge is 2.34. The number of hydrogen-bond donors (Lipinski definition) is 0. The van der Waals surface area contributed by atoms with Crippen molar-refractivity contribution in [1.29, 1.82) is 0 Å². The first kappa shape index (κ1) is 22.2. The van der Waals surface area contributed by atoms with Crippen LogP contribution in [0.2, 0.25) is 0 Å². The SMILES string of the molecule is O=C(CN1CCN(c2ccc3c(c2)OCO3)C1=O)N1CCN(c2cccc(C(F)(F)F)c2)CC1. The molecule has 8 nitrogen and oxygen atoms in total. The molecule has 2 saturated heterocycles. The van der Waals surface area contributed by atoms with E-state index in [1.165, 1.54) is 11.0 Å². The van der Waals surface area contributed by atoms with Crippen LogP contribution < -0.4 is 19.3 Å². The van der Waals surface area contributed by atoms with Crippen LogP contribution in [0.15, 0.2) is 42.5 Å². The Kier molecular flexibility index (Phi) is 5.62. The molecular formula is C23H23F3N4O4. The smallest absolute Gasteiger partial charge is 0.416 e. The van der Waals surface area contributed by atoms with Gasteiger partial charge in [-0.1, -0.05) is 6.07 Å². The lowest BCUT2D eigenvalue weighted by atomic mass is 10.1. The molecule has 180 valence electrons. The molecule has 0 N–H and O–H groups in total. The zero-order valence-corrected chi connectivity index (χ0v) is 18.3. The number of piperazine rings is 1. The van der Waals surface area contributed by atoms with Crippen LogP contribution >= 0.6 is 0 Å². The van der Waals surface area contributed by atoms with E-state index in [1.807, 2.05) is 4.90 Å². The number of anilines is 2. The highest BCUT2D eigenvalue weighted by molar-refractivity contribution is 5.96. The summed E-state index contributed by atoms with van der Waals surface area (Å²) in [5, 5.41) is 0. The molecule has 0 bridgehead atoms. The van der Waals surface area contributed by atoms with E-state index in [4.69, 9.17) is 9.47 Å². The first-order valence-corrected chi connectivity index (χ1v) is 11.0. The van der Waals surface area contributed by atoms with Gasteiger partial charge in [-0.15, -0.1) is 0 Å². The summed E-state index contributed by atoms with van der Waals surface area (Å²) in [7, 11) is 0. The van der Waals surface area contributed by atoms with Crippen molar-refractivity contribution in [3.8, 4) is 11.5 Å². The van der Waals surface area contributed by atoms with Gasteiger partial charge < -0.3 is 24.2 Å². The number of carbonyl (C=O) groups excluding carboxylic acids is 2. The third kappa shape index (κ3) is 4.29. The topological polar surface area (TPSA) is 65.6 Å². The fourth-order valence-corrected chi connectivity index (χ4v) is 4.38. The summed E-state index contributed by atoms with van der Waals surface area (Å²) in [6, 6.07) is 10.2.